The molecule has 0 bridgehead atoms. The highest BCUT2D eigenvalue weighted by Gasteiger charge is 2.28. The molecule has 0 radical (unpaired) electrons. The third-order valence-corrected chi connectivity index (χ3v) is 6.52. The molecule has 2 aliphatic rings. The van der Waals surface area contributed by atoms with Crippen molar-refractivity contribution in [2.24, 2.45) is 5.92 Å². The van der Waals surface area contributed by atoms with Gasteiger partial charge in [0.15, 0.2) is 0 Å². The lowest BCUT2D eigenvalue weighted by atomic mass is 9.95. The van der Waals surface area contributed by atoms with Gasteiger partial charge in [0.25, 0.3) is 0 Å². The fourth-order valence-corrected chi connectivity index (χ4v) is 4.76. The van der Waals surface area contributed by atoms with Crippen LogP contribution in [0.25, 0.3) is 0 Å². The van der Waals surface area contributed by atoms with Crippen molar-refractivity contribution in [2.75, 3.05) is 59.5 Å². The lowest BCUT2D eigenvalue weighted by molar-refractivity contribution is 0.0960. The Morgan fingerprint density at radius 2 is 2.04 bits per heavy atom. The van der Waals surface area contributed by atoms with Crippen molar-refractivity contribution in [3.63, 3.8) is 0 Å². The number of rotatable bonds is 10. The molecule has 0 spiro atoms. The molecule has 3 rings (SSSR count). The van der Waals surface area contributed by atoms with Gasteiger partial charge < -0.3 is 14.6 Å². The Hall–Kier alpha value is -0.950. The molecule has 6 nitrogen and oxygen atoms in total. The predicted octanol–water partition coefficient (Wildman–Crippen LogP) is 2.36. The van der Waals surface area contributed by atoms with Crippen LogP contribution < -0.4 is 0 Å². The molecule has 2 aliphatic heterocycles. The topological polar surface area (TPSA) is 47.6 Å². The van der Waals surface area contributed by atoms with E-state index in [0.717, 1.165) is 31.7 Å². The summed E-state index contributed by atoms with van der Waals surface area (Å²) in [5.74, 6) is 0.805. The van der Waals surface area contributed by atoms with Crippen LogP contribution in [0.15, 0.2) is 6.33 Å². The van der Waals surface area contributed by atoms with Gasteiger partial charge in [0.05, 0.1) is 18.6 Å². The van der Waals surface area contributed by atoms with E-state index in [1.54, 1.807) is 7.11 Å². The summed E-state index contributed by atoms with van der Waals surface area (Å²) in [4.78, 5) is 15.7. The van der Waals surface area contributed by atoms with Gasteiger partial charge in [-0.15, -0.1) is 0 Å². The second-order valence-electron chi connectivity index (χ2n) is 8.37. The summed E-state index contributed by atoms with van der Waals surface area (Å²) in [5, 5.41) is 0. The summed E-state index contributed by atoms with van der Waals surface area (Å²) in [6.45, 7) is 14.6. The fraction of sp³-hybridized carbons (Fsp3) is 0.857. The maximum Gasteiger partial charge on any atom is 0.0925 e. The quantitative estimate of drug-likeness (QED) is 0.678. The first-order valence-electron chi connectivity index (χ1n) is 10.9. The Labute approximate surface area is 165 Å². The predicted molar refractivity (Wildman–Crippen MR) is 110 cm³/mol. The zero-order valence-electron chi connectivity index (χ0n) is 17.6. The van der Waals surface area contributed by atoms with Crippen molar-refractivity contribution in [1.82, 2.24) is 24.7 Å². The van der Waals surface area contributed by atoms with Crippen LogP contribution in [0, 0.1) is 12.8 Å². The molecule has 0 aliphatic carbocycles. The molecular weight excluding hydrogens is 338 g/mol. The smallest absolute Gasteiger partial charge is 0.0925 e. The first kappa shape index (κ1) is 20.8. The number of hydrogen-bond acceptors (Lipinski definition) is 5. The molecule has 154 valence electrons. The molecule has 2 fully saturated rings. The third kappa shape index (κ3) is 6.01. The highest BCUT2D eigenvalue weighted by Crippen LogP contribution is 2.23. The van der Waals surface area contributed by atoms with Gasteiger partial charge in [-0.25, -0.2) is 4.98 Å². The van der Waals surface area contributed by atoms with E-state index in [4.69, 9.17) is 4.74 Å². The van der Waals surface area contributed by atoms with E-state index in [0.29, 0.717) is 0 Å². The van der Waals surface area contributed by atoms with Gasteiger partial charge in [-0.1, -0.05) is 6.92 Å². The number of H-pyrrole nitrogens is 1. The van der Waals surface area contributed by atoms with Crippen LogP contribution in [0.4, 0.5) is 0 Å². The Morgan fingerprint density at radius 3 is 2.70 bits per heavy atom. The SMILES string of the molecule is CCN1CCCC1CN(Cc1nc[nH]c1C)CC1CCN(CCOC)CC1. The molecule has 0 aromatic carbocycles. The molecule has 6 heteroatoms. The number of methoxy groups -OCH3 is 1. The van der Waals surface area contributed by atoms with Gasteiger partial charge in [-0.3, -0.25) is 9.80 Å². The highest BCUT2D eigenvalue weighted by molar-refractivity contribution is 5.08. The lowest BCUT2D eigenvalue weighted by Crippen LogP contribution is -2.44. The summed E-state index contributed by atoms with van der Waals surface area (Å²) in [5.41, 5.74) is 2.43. The van der Waals surface area contributed by atoms with Crippen LogP contribution in [0.3, 0.4) is 0 Å². The Morgan fingerprint density at radius 1 is 1.22 bits per heavy atom. The van der Waals surface area contributed by atoms with Crippen LogP contribution >= 0.6 is 0 Å². The average molecular weight is 378 g/mol. The Bertz CT molecular complexity index is 540. The lowest BCUT2D eigenvalue weighted by Gasteiger charge is -2.36. The van der Waals surface area contributed by atoms with Crippen molar-refractivity contribution in [3.05, 3.63) is 17.7 Å². The van der Waals surface area contributed by atoms with Crippen molar-refractivity contribution in [2.45, 2.75) is 52.1 Å². The van der Waals surface area contributed by atoms with E-state index >= 15 is 0 Å². The zero-order chi connectivity index (χ0) is 19.1. The van der Waals surface area contributed by atoms with Gasteiger partial charge in [-0.2, -0.15) is 0 Å². The minimum Gasteiger partial charge on any atom is -0.383 e. The second-order valence-corrected chi connectivity index (χ2v) is 8.37. The summed E-state index contributed by atoms with van der Waals surface area (Å²) in [6.07, 6.45) is 7.15. The average Bonchev–Trinajstić information content (AvgIpc) is 3.30. The molecule has 0 amide bonds. The standard InChI is InChI=1S/C21H39N5O/c1-4-26-9-5-6-20(26)15-25(16-21-18(2)22-17-23-21)14-19-7-10-24(11-8-19)12-13-27-3/h17,19-20H,4-16H2,1-3H3,(H,22,23). The van der Waals surface area contributed by atoms with E-state index in [1.807, 2.05) is 6.33 Å². The largest absolute Gasteiger partial charge is 0.383 e. The first-order chi connectivity index (χ1) is 13.2. The molecule has 1 atom stereocenters. The van der Waals surface area contributed by atoms with Crippen LogP contribution in [-0.2, 0) is 11.3 Å². The highest BCUT2D eigenvalue weighted by atomic mass is 16.5. The molecule has 0 saturated carbocycles. The number of aromatic nitrogens is 2. The van der Waals surface area contributed by atoms with Gasteiger partial charge in [0.2, 0.25) is 0 Å². The minimum absolute atomic E-state index is 0.719. The summed E-state index contributed by atoms with van der Waals surface area (Å²) < 4.78 is 5.24. The van der Waals surface area contributed by atoms with Gasteiger partial charge >= 0.3 is 0 Å². The minimum atomic E-state index is 0.719. The number of likely N-dealkylation sites (N-methyl/N-ethyl adjacent to an activating group) is 1. The monoisotopic (exact) mass is 377 g/mol. The summed E-state index contributed by atoms with van der Waals surface area (Å²) in [6, 6.07) is 0.719. The second kappa shape index (κ2) is 10.6. The molecular formula is C21H39N5O. The van der Waals surface area contributed by atoms with Crippen molar-refractivity contribution >= 4 is 0 Å². The number of imidazole rings is 1. The van der Waals surface area contributed by atoms with Crippen molar-refractivity contribution in [3.8, 4) is 0 Å². The third-order valence-electron chi connectivity index (χ3n) is 6.52. The number of ether oxygens (including phenoxy) is 1. The van der Waals surface area contributed by atoms with Crippen LogP contribution in [0.1, 0.15) is 44.0 Å². The van der Waals surface area contributed by atoms with Gasteiger partial charge in [0, 0.05) is 45.0 Å². The maximum absolute atomic E-state index is 5.24. The van der Waals surface area contributed by atoms with Crippen molar-refractivity contribution in [1.29, 1.82) is 0 Å². The van der Waals surface area contributed by atoms with Crippen LogP contribution in [-0.4, -0.2) is 90.2 Å². The number of nitrogens with zero attached hydrogens (tertiary/aromatic N) is 4. The molecule has 1 N–H and O–H groups in total. The number of aryl methyl sites for hydroxylation is 1. The first-order valence-corrected chi connectivity index (χ1v) is 10.9. The van der Waals surface area contributed by atoms with Gasteiger partial charge in [-0.05, 0) is 64.7 Å². The fourth-order valence-electron chi connectivity index (χ4n) is 4.76. The van der Waals surface area contributed by atoms with Crippen LogP contribution in [0.5, 0.6) is 0 Å². The molecule has 1 aromatic heterocycles. The van der Waals surface area contributed by atoms with Gasteiger partial charge in [0.1, 0.15) is 0 Å². The number of likely N-dealkylation sites (tertiary alicyclic amines) is 2. The summed E-state index contributed by atoms with van der Waals surface area (Å²) in [7, 11) is 1.80. The maximum atomic E-state index is 5.24. The van der Waals surface area contributed by atoms with Crippen molar-refractivity contribution < 1.29 is 4.74 Å². The molecule has 27 heavy (non-hydrogen) atoms. The molecule has 1 unspecified atom stereocenters. The molecule has 1 aromatic rings. The molecule has 2 saturated heterocycles. The zero-order valence-corrected chi connectivity index (χ0v) is 17.6. The number of hydrogen-bond donors (Lipinski definition) is 1. The Kier molecular flexibility index (Phi) is 8.12. The van der Waals surface area contributed by atoms with E-state index in [1.165, 1.54) is 76.3 Å². The Balaban J connectivity index is 1.56. The number of piperidine rings is 1. The van der Waals surface area contributed by atoms with E-state index < -0.39 is 0 Å². The number of aromatic amines is 1. The van der Waals surface area contributed by atoms with E-state index in [-0.39, 0.29) is 0 Å². The normalized spacial score (nSPS) is 22.9. The van der Waals surface area contributed by atoms with E-state index in [9.17, 15) is 0 Å². The number of nitrogens with one attached hydrogen (secondary N) is 1. The van der Waals surface area contributed by atoms with E-state index in [2.05, 4.69) is 38.5 Å². The molecule has 3 heterocycles. The summed E-state index contributed by atoms with van der Waals surface area (Å²) >= 11 is 0. The van der Waals surface area contributed by atoms with Crippen LogP contribution in [0.2, 0.25) is 0 Å².